The van der Waals surface area contributed by atoms with Crippen molar-refractivity contribution >= 4 is 15.9 Å². The Labute approximate surface area is 215 Å². The monoisotopic (exact) mass is 575 g/mol. The topological polar surface area (TPSA) is 121 Å². The van der Waals surface area contributed by atoms with Gasteiger partial charge < -0.3 is 5.73 Å². The lowest BCUT2D eigenvalue weighted by Gasteiger charge is -2.12. The van der Waals surface area contributed by atoms with E-state index in [1.54, 1.807) is 0 Å². The summed E-state index contributed by atoms with van der Waals surface area (Å²) in [5.74, 6) is -3.65. The highest BCUT2D eigenvalue weighted by molar-refractivity contribution is 7.90. The van der Waals surface area contributed by atoms with Gasteiger partial charge in [0.1, 0.15) is 34.5 Å². The molecule has 3 aromatic heterocycles. The summed E-state index contributed by atoms with van der Waals surface area (Å²) in [5, 5.41) is 3.65. The number of halogens is 7. The van der Waals surface area contributed by atoms with Gasteiger partial charge in [0.2, 0.25) is 5.82 Å². The maximum absolute atomic E-state index is 14.4. The van der Waals surface area contributed by atoms with E-state index >= 15 is 0 Å². The average molecular weight is 575 g/mol. The number of aromatic nitrogens is 5. The van der Waals surface area contributed by atoms with Gasteiger partial charge in [-0.25, -0.2) is 44.6 Å². The van der Waals surface area contributed by atoms with Crippen molar-refractivity contribution in [2.75, 3.05) is 0 Å². The van der Waals surface area contributed by atoms with Crippen molar-refractivity contribution in [3.63, 3.8) is 0 Å². The van der Waals surface area contributed by atoms with E-state index in [9.17, 15) is 39.2 Å². The van der Waals surface area contributed by atoms with Gasteiger partial charge in [-0.15, -0.1) is 0 Å². The number of benzene rings is 1. The molecule has 2 N–H and O–H groups in total. The molecule has 17 heteroatoms. The molecule has 0 spiro atoms. The van der Waals surface area contributed by atoms with Crippen LogP contribution < -0.4 is 5.73 Å². The summed E-state index contributed by atoms with van der Waals surface area (Å²) in [7, 11) is -4.47. The summed E-state index contributed by atoms with van der Waals surface area (Å²) in [6.45, 7) is 0.563. The van der Waals surface area contributed by atoms with Crippen molar-refractivity contribution in [2.45, 2.75) is 31.0 Å². The molecule has 3 heterocycles. The molecule has 1 aromatic carbocycles. The summed E-state index contributed by atoms with van der Waals surface area (Å²) in [6, 6.07) is 4.50. The first-order valence-corrected chi connectivity index (χ1v) is 12.1. The zero-order valence-corrected chi connectivity index (χ0v) is 20.4. The van der Waals surface area contributed by atoms with Crippen LogP contribution in [-0.2, 0) is 22.7 Å². The van der Waals surface area contributed by atoms with Crippen molar-refractivity contribution in [3.8, 4) is 5.69 Å². The third-order valence-corrected chi connectivity index (χ3v) is 7.17. The molecule has 39 heavy (non-hydrogen) atoms. The maximum atomic E-state index is 14.4. The number of hydrogen-bond donors (Lipinski definition) is 1. The van der Waals surface area contributed by atoms with Crippen LogP contribution in [0, 0.1) is 18.6 Å². The summed E-state index contributed by atoms with van der Waals surface area (Å²) < 4.78 is 121. The minimum atomic E-state index is -4.81. The zero-order valence-electron chi connectivity index (χ0n) is 19.5. The summed E-state index contributed by atoms with van der Waals surface area (Å²) >= 11 is 0. The normalized spacial score (nSPS) is 12.9. The Kier molecular flexibility index (Phi) is 7.20. The predicted octanol–water partition coefficient (Wildman–Crippen LogP) is 4.15. The molecule has 0 saturated heterocycles. The third kappa shape index (κ3) is 5.47. The molecule has 0 aliphatic heterocycles. The number of alkyl halides is 5. The second-order valence-electron chi connectivity index (χ2n) is 7.94. The van der Waals surface area contributed by atoms with Gasteiger partial charge in [0.25, 0.3) is 16.4 Å². The van der Waals surface area contributed by atoms with E-state index in [4.69, 9.17) is 5.73 Å². The fourth-order valence-corrected chi connectivity index (χ4v) is 5.00. The highest BCUT2D eigenvalue weighted by Crippen LogP contribution is 2.27. The molecule has 0 bridgehead atoms. The standard InChI is InChI=1S/C22H16F7N7O2S/c1-11-16(24)6-17(36(11)39(37,38)15-4-2-13(23)3-5-15)20(30)31-7-12-10-35(34-18(12)19(25)26)14-8-32-21(33-9-14)22(27,28)29/h2-6,8-10,19H,7H2,1H3,(H2,30,31). The van der Waals surface area contributed by atoms with Crippen LogP contribution >= 0.6 is 0 Å². The molecule has 0 atom stereocenters. The van der Waals surface area contributed by atoms with Gasteiger partial charge in [0.15, 0.2) is 0 Å². The molecule has 0 unspecified atom stereocenters. The Bertz CT molecular complexity index is 1640. The highest BCUT2D eigenvalue weighted by atomic mass is 32.2. The Hall–Kier alpha value is -4.28. The van der Waals surface area contributed by atoms with Gasteiger partial charge in [-0.05, 0) is 31.2 Å². The number of nitrogens with two attached hydrogens (primary N) is 1. The minimum absolute atomic E-state index is 0.162. The van der Waals surface area contributed by atoms with E-state index in [1.165, 1.54) is 0 Å². The fraction of sp³-hybridized carbons (Fsp3) is 0.182. The molecular weight excluding hydrogens is 559 g/mol. The van der Waals surface area contributed by atoms with Crippen molar-refractivity contribution in [2.24, 2.45) is 10.7 Å². The molecule has 0 radical (unpaired) electrons. The zero-order chi connectivity index (χ0) is 28.7. The predicted molar refractivity (Wildman–Crippen MR) is 122 cm³/mol. The number of amidine groups is 1. The molecule has 9 nitrogen and oxygen atoms in total. The lowest BCUT2D eigenvalue weighted by Crippen LogP contribution is -2.24. The van der Waals surface area contributed by atoms with Crippen LogP contribution in [0.25, 0.3) is 5.69 Å². The Morgan fingerprint density at radius 1 is 1.10 bits per heavy atom. The first-order chi connectivity index (χ1) is 18.2. The van der Waals surface area contributed by atoms with Crippen LogP contribution in [0.1, 0.15) is 34.9 Å². The van der Waals surface area contributed by atoms with E-state index < -0.39 is 63.9 Å². The van der Waals surface area contributed by atoms with Crippen LogP contribution in [0.2, 0.25) is 0 Å². The van der Waals surface area contributed by atoms with E-state index in [2.05, 4.69) is 20.1 Å². The lowest BCUT2D eigenvalue weighted by molar-refractivity contribution is -0.145. The molecule has 0 fully saturated rings. The van der Waals surface area contributed by atoms with Crippen molar-refractivity contribution in [1.29, 1.82) is 0 Å². The molecule has 0 amide bonds. The maximum Gasteiger partial charge on any atom is 0.451 e. The van der Waals surface area contributed by atoms with Gasteiger partial charge in [0.05, 0.1) is 29.5 Å². The third-order valence-electron chi connectivity index (χ3n) is 5.35. The Balaban J connectivity index is 1.69. The van der Waals surface area contributed by atoms with Crippen LogP contribution in [-0.4, -0.2) is 38.0 Å². The molecule has 4 rings (SSSR count). The van der Waals surface area contributed by atoms with E-state index in [1.807, 2.05) is 0 Å². The smallest absolute Gasteiger partial charge is 0.382 e. The fourth-order valence-electron chi connectivity index (χ4n) is 3.46. The summed E-state index contributed by atoms with van der Waals surface area (Å²) in [6.07, 6.45) is -5.44. The van der Waals surface area contributed by atoms with E-state index in [0.717, 1.165) is 60.5 Å². The molecule has 0 aliphatic carbocycles. The van der Waals surface area contributed by atoms with Crippen LogP contribution in [0.3, 0.4) is 0 Å². The molecule has 4 aromatic rings. The second kappa shape index (κ2) is 10.1. The number of aliphatic imine (C=N–C) groups is 1. The largest absolute Gasteiger partial charge is 0.451 e. The van der Waals surface area contributed by atoms with Crippen LogP contribution in [0.15, 0.2) is 58.8 Å². The first-order valence-electron chi connectivity index (χ1n) is 10.7. The van der Waals surface area contributed by atoms with Gasteiger partial charge >= 0.3 is 6.18 Å². The van der Waals surface area contributed by atoms with Crippen molar-refractivity contribution in [1.82, 2.24) is 23.7 Å². The molecular formula is C22H16F7N7O2S. The van der Waals surface area contributed by atoms with Crippen LogP contribution in [0.5, 0.6) is 0 Å². The summed E-state index contributed by atoms with van der Waals surface area (Å²) in [4.78, 5) is 9.83. The SMILES string of the molecule is Cc1c(F)cc(C(N)=NCc2cn(-c3cnc(C(F)(F)F)nc3)nc2C(F)F)n1S(=O)(=O)c1ccc(F)cc1. The molecule has 0 aliphatic rings. The first kappa shape index (κ1) is 27.7. The molecule has 0 saturated carbocycles. The van der Waals surface area contributed by atoms with E-state index in [-0.39, 0.29) is 21.8 Å². The van der Waals surface area contributed by atoms with Crippen molar-refractivity contribution < 1.29 is 39.2 Å². The Morgan fingerprint density at radius 2 is 1.72 bits per heavy atom. The second-order valence-corrected chi connectivity index (χ2v) is 9.72. The number of hydrogen-bond acceptors (Lipinski definition) is 6. The van der Waals surface area contributed by atoms with Gasteiger partial charge in [0, 0.05) is 17.8 Å². The average Bonchev–Trinajstić information content (AvgIpc) is 3.44. The minimum Gasteiger partial charge on any atom is -0.382 e. The Morgan fingerprint density at radius 3 is 2.28 bits per heavy atom. The number of rotatable bonds is 7. The number of nitrogens with zero attached hydrogens (tertiary/aromatic N) is 6. The van der Waals surface area contributed by atoms with E-state index in [0.29, 0.717) is 3.97 Å². The van der Waals surface area contributed by atoms with Crippen LogP contribution in [0.4, 0.5) is 30.7 Å². The quantitative estimate of drug-likeness (QED) is 0.201. The lowest BCUT2D eigenvalue weighted by atomic mass is 10.2. The van der Waals surface area contributed by atoms with Crippen molar-refractivity contribution in [3.05, 3.63) is 89.0 Å². The van der Waals surface area contributed by atoms with Gasteiger partial charge in [-0.3, -0.25) is 4.99 Å². The summed E-state index contributed by atoms with van der Waals surface area (Å²) in [5.41, 5.74) is 3.97. The van der Waals surface area contributed by atoms with Gasteiger partial charge in [-0.1, -0.05) is 0 Å². The highest BCUT2D eigenvalue weighted by Gasteiger charge is 2.34. The van der Waals surface area contributed by atoms with Gasteiger partial charge in [-0.2, -0.15) is 18.3 Å². The molecule has 206 valence electrons.